The smallest absolute Gasteiger partial charge is 0.125 e. The van der Waals surface area contributed by atoms with Crippen LogP contribution in [0.5, 0.6) is 0 Å². The lowest BCUT2D eigenvalue weighted by molar-refractivity contribution is 0.0482. The van der Waals surface area contributed by atoms with Crippen molar-refractivity contribution in [3.05, 3.63) is 34.6 Å². The quantitative estimate of drug-likeness (QED) is 0.917. The van der Waals surface area contributed by atoms with Gasteiger partial charge < -0.3 is 10.2 Å². The molecule has 1 aromatic carbocycles. The second kappa shape index (κ2) is 6.00. The Morgan fingerprint density at radius 1 is 1.25 bits per heavy atom. The van der Waals surface area contributed by atoms with Crippen LogP contribution in [0.2, 0.25) is 5.02 Å². The van der Waals surface area contributed by atoms with Crippen LogP contribution in [0.4, 0.5) is 4.39 Å². The highest BCUT2D eigenvalue weighted by Crippen LogP contribution is 2.32. The van der Waals surface area contributed by atoms with Gasteiger partial charge in [0.2, 0.25) is 0 Å². The summed E-state index contributed by atoms with van der Waals surface area (Å²) in [6.07, 6.45) is 6.41. The predicted molar refractivity (Wildman–Crippen MR) is 80.5 cm³/mol. The van der Waals surface area contributed by atoms with E-state index in [1.165, 1.54) is 38.2 Å². The number of halogens is 2. The van der Waals surface area contributed by atoms with Gasteiger partial charge in [0.25, 0.3) is 0 Å². The van der Waals surface area contributed by atoms with E-state index in [0.717, 1.165) is 17.6 Å². The minimum Gasteiger partial charge on any atom is -0.310 e. The van der Waals surface area contributed by atoms with E-state index >= 15 is 0 Å². The van der Waals surface area contributed by atoms with Crippen LogP contribution < -0.4 is 5.32 Å². The van der Waals surface area contributed by atoms with Crippen molar-refractivity contribution < 1.29 is 4.39 Å². The van der Waals surface area contributed by atoms with Crippen LogP contribution in [0.1, 0.15) is 37.7 Å². The Balaban J connectivity index is 1.59. The zero-order valence-electron chi connectivity index (χ0n) is 11.9. The molecule has 0 aliphatic carbocycles. The van der Waals surface area contributed by atoms with Crippen LogP contribution in [-0.2, 0) is 6.54 Å². The van der Waals surface area contributed by atoms with Gasteiger partial charge in [-0.05, 0) is 56.5 Å². The van der Waals surface area contributed by atoms with E-state index in [9.17, 15) is 4.39 Å². The first-order valence-electron chi connectivity index (χ1n) is 7.52. The maximum atomic E-state index is 13.3. The third-order valence-electron chi connectivity index (χ3n) is 4.86. The van der Waals surface area contributed by atoms with Crippen LogP contribution in [0.25, 0.3) is 0 Å². The molecule has 0 aromatic heterocycles. The summed E-state index contributed by atoms with van der Waals surface area (Å²) in [5.74, 6) is -0.255. The molecule has 2 bridgehead atoms. The van der Waals surface area contributed by atoms with Gasteiger partial charge in [-0.1, -0.05) is 18.0 Å². The average Bonchev–Trinajstić information content (AvgIpc) is 2.35. The number of benzene rings is 1. The first-order valence-corrected chi connectivity index (χ1v) is 7.90. The van der Waals surface area contributed by atoms with Crippen LogP contribution >= 0.6 is 11.6 Å². The highest BCUT2D eigenvalue weighted by Gasteiger charge is 2.35. The topological polar surface area (TPSA) is 15.3 Å². The molecule has 20 heavy (non-hydrogen) atoms. The normalized spacial score (nSPS) is 30.4. The van der Waals surface area contributed by atoms with Gasteiger partial charge in [-0.25, -0.2) is 4.39 Å². The van der Waals surface area contributed by atoms with E-state index in [1.807, 2.05) is 6.07 Å². The molecule has 2 saturated heterocycles. The molecule has 0 radical (unpaired) electrons. The van der Waals surface area contributed by atoms with Crippen molar-refractivity contribution in [1.82, 2.24) is 10.2 Å². The van der Waals surface area contributed by atoms with Crippen molar-refractivity contribution in [2.45, 2.75) is 56.8 Å². The Labute approximate surface area is 125 Å². The first kappa shape index (κ1) is 14.3. The number of nitrogens with zero attached hydrogens (tertiary/aromatic N) is 1. The molecule has 110 valence electrons. The number of fused-ring (bicyclic) bond motifs is 2. The summed E-state index contributed by atoms with van der Waals surface area (Å²) < 4.78 is 13.3. The summed E-state index contributed by atoms with van der Waals surface area (Å²) >= 11 is 5.89. The van der Waals surface area contributed by atoms with E-state index in [-0.39, 0.29) is 5.82 Å². The lowest BCUT2D eigenvalue weighted by Gasteiger charge is -2.47. The summed E-state index contributed by atoms with van der Waals surface area (Å²) in [5, 5.41) is 4.06. The fraction of sp³-hybridized carbons (Fsp3) is 0.625. The van der Waals surface area contributed by atoms with Gasteiger partial charge in [-0.2, -0.15) is 0 Å². The summed E-state index contributed by atoms with van der Waals surface area (Å²) in [6, 6.07) is 6.74. The van der Waals surface area contributed by atoms with Gasteiger partial charge in [-0.3, -0.25) is 0 Å². The molecule has 2 atom stereocenters. The van der Waals surface area contributed by atoms with Gasteiger partial charge in [0.15, 0.2) is 0 Å². The molecule has 2 aliphatic rings. The predicted octanol–water partition coefficient (Wildman–Crippen LogP) is 3.58. The fourth-order valence-electron chi connectivity index (χ4n) is 3.76. The molecule has 3 rings (SSSR count). The number of hydrogen-bond donors (Lipinski definition) is 1. The molecule has 2 aliphatic heterocycles. The SMILES string of the molecule is CN1C2CCCC1CC(NCc1cc(F)cc(Cl)c1)C2. The minimum atomic E-state index is -0.255. The van der Waals surface area contributed by atoms with Gasteiger partial charge in [-0.15, -0.1) is 0 Å². The maximum absolute atomic E-state index is 13.3. The zero-order chi connectivity index (χ0) is 14.1. The number of rotatable bonds is 3. The largest absolute Gasteiger partial charge is 0.310 e. The highest BCUT2D eigenvalue weighted by molar-refractivity contribution is 6.30. The summed E-state index contributed by atoms with van der Waals surface area (Å²) in [5.41, 5.74) is 0.930. The molecule has 1 N–H and O–H groups in total. The average molecular weight is 297 g/mol. The lowest BCUT2D eigenvalue weighted by Crippen LogP contribution is -2.54. The molecule has 1 aromatic rings. The monoisotopic (exact) mass is 296 g/mol. The molecular formula is C16H22ClFN2. The van der Waals surface area contributed by atoms with E-state index in [2.05, 4.69) is 17.3 Å². The van der Waals surface area contributed by atoms with E-state index < -0.39 is 0 Å². The minimum absolute atomic E-state index is 0.255. The molecule has 0 saturated carbocycles. The molecule has 0 spiro atoms. The Kier molecular flexibility index (Phi) is 4.29. The third-order valence-corrected chi connectivity index (χ3v) is 5.08. The zero-order valence-corrected chi connectivity index (χ0v) is 12.7. The van der Waals surface area contributed by atoms with Crippen molar-refractivity contribution in [3.8, 4) is 0 Å². The van der Waals surface area contributed by atoms with E-state index in [0.29, 0.717) is 17.6 Å². The van der Waals surface area contributed by atoms with Crippen molar-refractivity contribution >= 4 is 11.6 Å². The molecule has 2 unspecified atom stereocenters. The number of hydrogen-bond acceptors (Lipinski definition) is 2. The van der Waals surface area contributed by atoms with Crippen molar-refractivity contribution in [1.29, 1.82) is 0 Å². The fourth-order valence-corrected chi connectivity index (χ4v) is 4.00. The van der Waals surface area contributed by atoms with Crippen molar-refractivity contribution in [3.63, 3.8) is 0 Å². The molecule has 2 nitrogen and oxygen atoms in total. The third kappa shape index (κ3) is 3.16. The van der Waals surface area contributed by atoms with E-state index in [4.69, 9.17) is 11.6 Å². The van der Waals surface area contributed by atoms with Crippen molar-refractivity contribution in [2.75, 3.05) is 7.05 Å². The Morgan fingerprint density at radius 2 is 1.95 bits per heavy atom. The van der Waals surface area contributed by atoms with Crippen molar-refractivity contribution in [2.24, 2.45) is 0 Å². The van der Waals surface area contributed by atoms with E-state index in [1.54, 1.807) is 6.07 Å². The van der Waals surface area contributed by atoms with Crippen LogP contribution in [0, 0.1) is 5.82 Å². The molecule has 4 heteroatoms. The van der Waals surface area contributed by atoms with Crippen LogP contribution in [0.3, 0.4) is 0 Å². The van der Waals surface area contributed by atoms with Crippen LogP contribution in [0.15, 0.2) is 18.2 Å². The second-order valence-electron chi connectivity index (χ2n) is 6.23. The van der Waals surface area contributed by atoms with Gasteiger partial charge in [0, 0.05) is 29.7 Å². The van der Waals surface area contributed by atoms with Crippen LogP contribution in [-0.4, -0.2) is 30.1 Å². The van der Waals surface area contributed by atoms with Gasteiger partial charge in [0.1, 0.15) is 5.82 Å². The van der Waals surface area contributed by atoms with Gasteiger partial charge >= 0.3 is 0 Å². The molecule has 0 amide bonds. The molecule has 2 heterocycles. The highest BCUT2D eigenvalue weighted by atomic mass is 35.5. The molecular weight excluding hydrogens is 275 g/mol. The standard InChI is InChI=1S/C16H22ClFN2/c1-20-15-3-2-4-16(20)9-14(8-15)19-10-11-5-12(17)7-13(18)6-11/h5-7,14-16,19H,2-4,8-10H2,1H3. The number of piperidine rings is 2. The molecule has 2 fully saturated rings. The summed E-state index contributed by atoms with van der Waals surface area (Å²) in [4.78, 5) is 2.56. The summed E-state index contributed by atoms with van der Waals surface area (Å²) in [7, 11) is 2.26. The second-order valence-corrected chi connectivity index (χ2v) is 6.67. The lowest BCUT2D eigenvalue weighted by atomic mass is 9.82. The van der Waals surface area contributed by atoms with Gasteiger partial charge in [0.05, 0.1) is 0 Å². The Bertz CT molecular complexity index is 445. The first-order chi connectivity index (χ1) is 9.61. The number of nitrogens with one attached hydrogen (secondary N) is 1. The summed E-state index contributed by atoms with van der Waals surface area (Å²) in [6.45, 7) is 0.700. The Morgan fingerprint density at radius 3 is 2.60 bits per heavy atom. The Hall–Kier alpha value is -0.640. The maximum Gasteiger partial charge on any atom is 0.125 e.